The van der Waals surface area contributed by atoms with Gasteiger partial charge in [0.15, 0.2) is 0 Å². The number of non-ortho nitro benzene ring substituents is 1. The largest absolute Gasteiger partial charge is 0.492 e. The van der Waals surface area contributed by atoms with E-state index in [-0.39, 0.29) is 12.3 Å². The molecule has 0 amide bonds. The average Bonchev–Trinajstić information content (AvgIpc) is 3.19. The maximum absolute atomic E-state index is 10.5. The molecule has 1 aromatic rings. The monoisotopic (exact) mass is 280 g/mol. The molecule has 0 unspecified atom stereocenters. The molecule has 1 aromatic carbocycles. The molecule has 0 heterocycles. The predicted molar refractivity (Wildman–Crippen MR) is 74.8 cm³/mol. The molecule has 2 N–H and O–H groups in total. The lowest BCUT2D eigenvalue weighted by atomic mass is 10.0. The molecular weight excluding hydrogens is 260 g/mol. The number of nitro groups is 1. The third kappa shape index (κ3) is 4.18. The van der Waals surface area contributed by atoms with Crippen LogP contribution in [0.15, 0.2) is 24.3 Å². The summed E-state index contributed by atoms with van der Waals surface area (Å²) in [4.78, 5) is 10.1. The van der Waals surface area contributed by atoms with Gasteiger partial charge >= 0.3 is 0 Å². The molecule has 0 radical (unpaired) electrons. The van der Waals surface area contributed by atoms with Gasteiger partial charge in [0.2, 0.25) is 0 Å². The van der Waals surface area contributed by atoms with Crippen LogP contribution in [0, 0.1) is 15.5 Å². The van der Waals surface area contributed by atoms with Gasteiger partial charge < -0.3 is 15.2 Å². The molecule has 0 bridgehead atoms. The number of nitrogens with one attached hydrogen (secondary N) is 1. The summed E-state index contributed by atoms with van der Waals surface area (Å²) >= 11 is 0. The molecule has 110 valence electrons. The fraction of sp³-hybridized carbons (Fsp3) is 0.571. The number of aliphatic hydroxyl groups is 1. The van der Waals surface area contributed by atoms with Gasteiger partial charge in [-0.15, -0.1) is 0 Å². The van der Waals surface area contributed by atoms with E-state index >= 15 is 0 Å². The van der Waals surface area contributed by atoms with Gasteiger partial charge in [-0.25, -0.2) is 0 Å². The molecule has 6 heteroatoms. The number of nitro benzene ring substituents is 1. The molecule has 20 heavy (non-hydrogen) atoms. The highest BCUT2D eigenvalue weighted by molar-refractivity contribution is 5.35. The summed E-state index contributed by atoms with van der Waals surface area (Å²) in [6.45, 7) is 2.41. The van der Waals surface area contributed by atoms with Crippen LogP contribution in [0.25, 0.3) is 0 Å². The van der Waals surface area contributed by atoms with Crippen molar-refractivity contribution < 1.29 is 14.8 Å². The van der Waals surface area contributed by atoms with Gasteiger partial charge in [-0.05, 0) is 36.8 Å². The van der Waals surface area contributed by atoms with Crippen molar-refractivity contribution in [1.29, 1.82) is 0 Å². The first-order valence-electron chi connectivity index (χ1n) is 6.84. The fourth-order valence-electron chi connectivity index (χ4n) is 2.19. The van der Waals surface area contributed by atoms with Crippen molar-refractivity contribution in [1.82, 2.24) is 5.32 Å². The maximum atomic E-state index is 10.5. The summed E-state index contributed by atoms with van der Waals surface area (Å²) in [7, 11) is 0. The number of rotatable bonds is 9. The first kappa shape index (κ1) is 14.7. The van der Waals surface area contributed by atoms with Crippen LogP contribution in [0.3, 0.4) is 0 Å². The number of nitrogens with zero attached hydrogens (tertiary/aromatic N) is 1. The first-order chi connectivity index (χ1) is 9.65. The number of hydrogen-bond acceptors (Lipinski definition) is 5. The van der Waals surface area contributed by atoms with Crippen LogP contribution in [0.5, 0.6) is 5.75 Å². The van der Waals surface area contributed by atoms with Gasteiger partial charge in [-0.3, -0.25) is 10.1 Å². The molecule has 0 atom stereocenters. The van der Waals surface area contributed by atoms with E-state index in [2.05, 4.69) is 5.32 Å². The topological polar surface area (TPSA) is 84.6 Å². The molecule has 1 aliphatic rings. The van der Waals surface area contributed by atoms with Gasteiger partial charge in [-0.2, -0.15) is 0 Å². The van der Waals surface area contributed by atoms with Gasteiger partial charge in [0.1, 0.15) is 12.4 Å². The Morgan fingerprint density at radius 2 is 2.05 bits per heavy atom. The van der Waals surface area contributed by atoms with Crippen LogP contribution >= 0.6 is 0 Å². The molecular formula is C14H20N2O4. The number of aliphatic hydroxyl groups excluding tert-OH is 1. The highest BCUT2D eigenvalue weighted by Gasteiger charge is 2.41. The zero-order chi connectivity index (χ0) is 14.4. The highest BCUT2D eigenvalue weighted by Crippen LogP contribution is 2.47. The van der Waals surface area contributed by atoms with Crippen molar-refractivity contribution in [2.45, 2.75) is 19.3 Å². The minimum absolute atomic E-state index is 0.0650. The van der Waals surface area contributed by atoms with E-state index in [0.717, 1.165) is 19.5 Å². The zero-order valence-electron chi connectivity index (χ0n) is 11.4. The molecule has 1 saturated carbocycles. The lowest BCUT2D eigenvalue weighted by Gasteiger charge is -2.14. The zero-order valence-corrected chi connectivity index (χ0v) is 11.4. The SMILES string of the molecule is O=[N+]([O-])c1ccc(OCCNCC2(CCO)CC2)cc1. The van der Waals surface area contributed by atoms with E-state index in [1.165, 1.54) is 25.0 Å². The van der Waals surface area contributed by atoms with E-state index in [1.807, 2.05) is 0 Å². The highest BCUT2D eigenvalue weighted by atomic mass is 16.6. The predicted octanol–water partition coefficient (Wildman–Crippen LogP) is 1.73. The Labute approximate surface area is 117 Å². The van der Waals surface area contributed by atoms with Gasteiger partial charge in [0.05, 0.1) is 4.92 Å². The Morgan fingerprint density at radius 3 is 2.60 bits per heavy atom. The van der Waals surface area contributed by atoms with Crippen molar-refractivity contribution in [3.05, 3.63) is 34.4 Å². The van der Waals surface area contributed by atoms with Crippen molar-refractivity contribution in [3.63, 3.8) is 0 Å². The lowest BCUT2D eigenvalue weighted by Crippen LogP contribution is -2.28. The third-order valence-electron chi connectivity index (χ3n) is 3.69. The molecule has 0 saturated heterocycles. The van der Waals surface area contributed by atoms with E-state index < -0.39 is 4.92 Å². The van der Waals surface area contributed by atoms with Gasteiger partial charge in [0.25, 0.3) is 5.69 Å². The first-order valence-corrected chi connectivity index (χ1v) is 6.84. The Morgan fingerprint density at radius 1 is 1.35 bits per heavy atom. The number of ether oxygens (including phenoxy) is 1. The maximum Gasteiger partial charge on any atom is 0.269 e. The molecule has 0 spiro atoms. The summed E-state index contributed by atoms with van der Waals surface area (Å²) in [5.74, 6) is 0.633. The second-order valence-electron chi connectivity index (χ2n) is 5.25. The van der Waals surface area contributed by atoms with Crippen molar-refractivity contribution >= 4 is 5.69 Å². The van der Waals surface area contributed by atoms with Crippen LogP contribution in [0.4, 0.5) is 5.69 Å². The van der Waals surface area contributed by atoms with E-state index in [9.17, 15) is 10.1 Å². The summed E-state index contributed by atoms with van der Waals surface area (Å²) in [5.41, 5.74) is 0.373. The normalized spacial score (nSPS) is 15.8. The van der Waals surface area contributed by atoms with Crippen LogP contribution < -0.4 is 10.1 Å². The van der Waals surface area contributed by atoms with Crippen molar-refractivity contribution in [2.24, 2.45) is 5.41 Å². The average molecular weight is 280 g/mol. The van der Waals surface area contributed by atoms with Crippen LogP contribution in [-0.4, -0.2) is 36.3 Å². The summed E-state index contributed by atoms with van der Waals surface area (Å²) < 4.78 is 5.50. The second kappa shape index (κ2) is 6.67. The van der Waals surface area contributed by atoms with Gasteiger partial charge in [-0.1, -0.05) is 0 Å². The molecule has 0 aliphatic heterocycles. The third-order valence-corrected chi connectivity index (χ3v) is 3.69. The molecule has 6 nitrogen and oxygen atoms in total. The van der Waals surface area contributed by atoms with Crippen LogP contribution in [-0.2, 0) is 0 Å². The standard InChI is InChI=1S/C14H20N2O4/c17-9-7-14(5-6-14)11-15-8-10-20-13-3-1-12(2-4-13)16(18)19/h1-4,15,17H,5-11H2. The Kier molecular flexibility index (Phi) is 4.92. The minimum Gasteiger partial charge on any atom is -0.492 e. The Balaban J connectivity index is 1.62. The van der Waals surface area contributed by atoms with E-state index in [4.69, 9.17) is 9.84 Å². The number of benzene rings is 1. The van der Waals surface area contributed by atoms with Gasteiger partial charge in [0, 0.05) is 31.8 Å². The quantitative estimate of drug-likeness (QED) is 0.409. The Bertz CT molecular complexity index is 443. The van der Waals surface area contributed by atoms with Crippen LogP contribution in [0.2, 0.25) is 0 Å². The van der Waals surface area contributed by atoms with E-state index in [0.29, 0.717) is 17.8 Å². The molecule has 1 aliphatic carbocycles. The summed E-state index contributed by atoms with van der Waals surface area (Å²) in [6, 6.07) is 6.07. The smallest absolute Gasteiger partial charge is 0.269 e. The summed E-state index contributed by atoms with van der Waals surface area (Å²) in [5, 5.41) is 22.8. The molecule has 1 fully saturated rings. The molecule has 2 rings (SSSR count). The van der Waals surface area contributed by atoms with E-state index in [1.54, 1.807) is 12.1 Å². The summed E-state index contributed by atoms with van der Waals surface area (Å²) in [6.07, 6.45) is 3.23. The lowest BCUT2D eigenvalue weighted by molar-refractivity contribution is -0.384. The van der Waals surface area contributed by atoms with Crippen LogP contribution in [0.1, 0.15) is 19.3 Å². The number of hydrogen-bond donors (Lipinski definition) is 2. The Hall–Kier alpha value is -1.66. The fourth-order valence-corrected chi connectivity index (χ4v) is 2.19. The van der Waals surface area contributed by atoms with Crippen molar-refractivity contribution in [3.8, 4) is 5.75 Å². The minimum atomic E-state index is -0.429. The van der Waals surface area contributed by atoms with Crippen molar-refractivity contribution in [2.75, 3.05) is 26.3 Å². The second-order valence-corrected chi connectivity index (χ2v) is 5.25. The molecule has 0 aromatic heterocycles.